The van der Waals surface area contributed by atoms with Gasteiger partial charge in [-0.3, -0.25) is 4.79 Å². The number of para-hydroxylation sites is 1. The molecule has 1 aliphatic rings. The van der Waals surface area contributed by atoms with Gasteiger partial charge in [-0.15, -0.1) is 0 Å². The van der Waals surface area contributed by atoms with Crippen LogP contribution in [-0.2, 0) is 0 Å². The molecule has 2 N–H and O–H groups in total. The highest BCUT2D eigenvalue weighted by Crippen LogP contribution is 2.33. The van der Waals surface area contributed by atoms with E-state index in [1.165, 1.54) is 0 Å². The Morgan fingerprint density at radius 3 is 2.92 bits per heavy atom. The van der Waals surface area contributed by atoms with Crippen LogP contribution < -0.4 is 0 Å². The Bertz CT molecular complexity index is 897. The molecular formula is C19H18N4O. The summed E-state index contributed by atoms with van der Waals surface area (Å²) < 4.78 is 0. The molecule has 3 heterocycles. The van der Waals surface area contributed by atoms with Crippen LogP contribution >= 0.6 is 0 Å². The molecule has 0 saturated carbocycles. The lowest BCUT2D eigenvalue weighted by Gasteiger charge is -2.35. The van der Waals surface area contributed by atoms with Gasteiger partial charge in [0.15, 0.2) is 0 Å². The van der Waals surface area contributed by atoms with Crippen LogP contribution in [-0.4, -0.2) is 27.3 Å². The zero-order chi connectivity index (χ0) is 16.5. The van der Waals surface area contributed by atoms with Gasteiger partial charge in [0.25, 0.3) is 5.91 Å². The number of fused-ring (bicyclic) bond motifs is 1. The van der Waals surface area contributed by atoms with Crippen molar-refractivity contribution >= 4 is 16.8 Å². The van der Waals surface area contributed by atoms with Gasteiger partial charge in [0.05, 0.1) is 11.6 Å². The minimum absolute atomic E-state index is 0.0418. The SMILES string of the molecule is N#Cc1c[nH]c(C(=O)N2CCCC[C@H]2c2cc3ccccc3[nH]2)c1. The zero-order valence-corrected chi connectivity index (χ0v) is 13.2. The summed E-state index contributed by atoms with van der Waals surface area (Å²) in [5, 5.41) is 10.1. The summed E-state index contributed by atoms with van der Waals surface area (Å²) in [7, 11) is 0. The summed E-state index contributed by atoms with van der Waals surface area (Å²) >= 11 is 0. The summed E-state index contributed by atoms with van der Waals surface area (Å²) in [4.78, 5) is 21.2. The Balaban J connectivity index is 1.67. The highest BCUT2D eigenvalue weighted by atomic mass is 16.2. The van der Waals surface area contributed by atoms with E-state index >= 15 is 0 Å². The van der Waals surface area contributed by atoms with Gasteiger partial charge in [-0.25, -0.2) is 0 Å². The average molecular weight is 318 g/mol. The molecule has 0 bridgehead atoms. The fraction of sp³-hybridized carbons (Fsp3) is 0.263. The maximum Gasteiger partial charge on any atom is 0.270 e. The molecule has 1 saturated heterocycles. The smallest absolute Gasteiger partial charge is 0.270 e. The number of hydrogen-bond acceptors (Lipinski definition) is 2. The first-order chi connectivity index (χ1) is 11.8. The van der Waals surface area contributed by atoms with Crippen LogP contribution in [0.25, 0.3) is 10.9 Å². The number of carbonyl (C=O) groups excluding carboxylic acids is 1. The predicted octanol–water partition coefficient (Wildman–Crippen LogP) is 3.74. The molecule has 120 valence electrons. The topological polar surface area (TPSA) is 75.7 Å². The van der Waals surface area contributed by atoms with E-state index in [9.17, 15) is 4.79 Å². The number of H-pyrrole nitrogens is 2. The highest BCUT2D eigenvalue weighted by molar-refractivity contribution is 5.93. The molecule has 4 rings (SSSR count). The number of aromatic amines is 2. The number of nitrogens with zero attached hydrogens (tertiary/aromatic N) is 2. The number of hydrogen-bond donors (Lipinski definition) is 2. The van der Waals surface area contributed by atoms with Crippen molar-refractivity contribution < 1.29 is 4.79 Å². The molecular weight excluding hydrogens is 300 g/mol. The third-order valence-corrected chi connectivity index (χ3v) is 4.72. The van der Waals surface area contributed by atoms with E-state index in [1.54, 1.807) is 12.3 Å². The van der Waals surface area contributed by atoms with Gasteiger partial charge in [0, 0.05) is 24.0 Å². The predicted molar refractivity (Wildman–Crippen MR) is 91.4 cm³/mol. The second-order valence-electron chi connectivity index (χ2n) is 6.24. The standard InChI is InChI=1S/C19H18N4O/c20-11-13-9-17(21-12-13)19(24)23-8-4-3-7-18(23)16-10-14-5-1-2-6-15(14)22-16/h1-2,5-6,9-10,12,18,21-22H,3-4,7-8H2/t18-/m0/s1. The molecule has 1 aliphatic heterocycles. The quantitative estimate of drug-likeness (QED) is 0.755. The Kier molecular flexibility index (Phi) is 3.58. The molecule has 24 heavy (non-hydrogen) atoms. The number of likely N-dealkylation sites (tertiary alicyclic amines) is 1. The third kappa shape index (κ3) is 2.46. The van der Waals surface area contributed by atoms with Crippen molar-refractivity contribution in [1.82, 2.24) is 14.9 Å². The maximum absolute atomic E-state index is 12.9. The van der Waals surface area contributed by atoms with Crippen LogP contribution in [0.4, 0.5) is 0 Å². The molecule has 1 fully saturated rings. The summed E-state index contributed by atoms with van der Waals surface area (Å²) in [6.45, 7) is 0.736. The molecule has 2 aromatic heterocycles. The van der Waals surface area contributed by atoms with E-state index < -0.39 is 0 Å². The fourth-order valence-electron chi connectivity index (χ4n) is 3.51. The van der Waals surface area contributed by atoms with Crippen molar-refractivity contribution in [1.29, 1.82) is 5.26 Å². The molecule has 1 aromatic carbocycles. The third-order valence-electron chi connectivity index (χ3n) is 4.72. The number of nitriles is 1. The molecule has 0 spiro atoms. The highest BCUT2D eigenvalue weighted by Gasteiger charge is 2.30. The number of piperidine rings is 1. The van der Waals surface area contributed by atoms with E-state index in [0.717, 1.165) is 42.4 Å². The minimum Gasteiger partial charge on any atom is -0.357 e. The van der Waals surface area contributed by atoms with Crippen LogP contribution in [0.3, 0.4) is 0 Å². The largest absolute Gasteiger partial charge is 0.357 e. The monoisotopic (exact) mass is 318 g/mol. The lowest BCUT2D eigenvalue weighted by molar-refractivity contribution is 0.0601. The number of rotatable bonds is 2. The van der Waals surface area contributed by atoms with Crippen molar-refractivity contribution in [3.05, 3.63) is 59.5 Å². The zero-order valence-electron chi connectivity index (χ0n) is 13.2. The summed E-state index contributed by atoms with van der Waals surface area (Å²) in [6, 6.07) is 14.0. The van der Waals surface area contributed by atoms with Gasteiger partial charge in [-0.2, -0.15) is 5.26 Å². The van der Waals surface area contributed by atoms with Crippen LogP contribution in [0.5, 0.6) is 0 Å². The summed E-state index contributed by atoms with van der Waals surface area (Å²) in [5.74, 6) is -0.0418. The molecule has 0 aliphatic carbocycles. The molecule has 0 radical (unpaired) electrons. The minimum atomic E-state index is -0.0418. The van der Waals surface area contributed by atoms with Gasteiger partial charge >= 0.3 is 0 Å². The molecule has 1 amide bonds. The van der Waals surface area contributed by atoms with Crippen molar-refractivity contribution in [2.45, 2.75) is 25.3 Å². The molecule has 5 nitrogen and oxygen atoms in total. The second-order valence-corrected chi connectivity index (χ2v) is 6.24. The summed E-state index contributed by atoms with van der Waals surface area (Å²) in [6.07, 6.45) is 4.64. The molecule has 0 unspecified atom stereocenters. The Morgan fingerprint density at radius 2 is 2.12 bits per heavy atom. The average Bonchev–Trinajstić information content (AvgIpc) is 3.27. The van der Waals surface area contributed by atoms with E-state index in [4.69, 9.17) is 5.26 Å². The first-order valence-corrected chi connectivity index (χ1v) is 8.23. The van der Waals surface area contributed by atoms with E-state index in [1.807, 2.05) is 17.0 Å². The normalized spacial score (nSPS) is 17.8. The van der Waals surface area contributed by atoms with Crippen LogP contribution in [0, 0.1) is 11.3 Å². The van der Waals surface area contributed by atoms with Crippen LogP contribution in [0.15, 0.2) is 42.6 Å². The molecule has 1 atom stereocenters. The van der Waals surface area contributed by atoms with Crippen molar-refractivity contribution in [3.8, 4) is 6.07 Å². The number of carbonyl (C=O) groups is 1. The number of aromatic nitrogens is 2. The van der Waals surface area contributed by atoms with Crippen molar-refractivity contribution in [2.24, 2.45) is 0 Å². The fourth-order valence-corrected chi connectivity index (χ4v) is 3.51. The van der Waals surface area contributed by atoms with Gasteiger partial charge in [-0.05, 0) is 42.8 Å². The van der Waals surface area contributed by atoms with E-state index in [2.05, 4.69) is 34.2 Å². The second kappa shape index (κ2) is 5.89. The Labute approximate surface area is 139 Å². The number of nitrogens with one attached hydrogen (secondary N) is 2. The summed E-state index contributed by atoms with van der Waals surface area (Å²) in [5.41, 5.74) is 3.14. The van der Waals surface area contributed by atoms with Crippen molar-refractivity contribution in [2.75, 3.05) is 6.54 Å². The maximum atomic E-state index is 12.9. The van der Waals surface area contributed by atoms with Crippen molar-refractivity contribution in [3.63, 3.8) is 0 Å². The lowest BCUT2D eigenvalue weighted by Crippen LogP contribution is -2.38. The Morgan fingerprint density at radius 1 is 1.25 bits per heavy atom. The molecule has 3 aromatic rings. The Hall–Kier alpha value is -3.00. The lowest BCUT2D eigenvalue weighted by atomic mass is 9.98. The first-order valence-electron chi connectivity index (χ1n) is 8.23. The van der Waals surface area contributed by atoms with Crippen LogP contribution in [0.1, 0.15) is 47.1 Å². The van der Waals surface area contributed by atoms with E-state index in [0.29, 0.717) is 11.3 Å². The molecule has 5 heteroatoms. The van der Waals surface area contributed by atoms with Crippen LogP contribution in [0.2, 0.25) is 0 Å². The van der Waals surface area contributed by atoms with Gasteiger partial charge in [0.2, 0.25) is 0 Å². The van der Waals surface area contributed by atoms with E-state index in [-0.39, 0.29) is 11.9 Å². The number of amides is 1. The number of benzene rings is 1. The van der Waals surface area contributed by atoms with Gasteiger partial charge in [-0.1, -0.05) is 18.2 Å². The van der Waals surface area contributed by atoms with Gasteiger partial charge < -0.3 is 14.9 Å². The van der Waals surface area contributed by atoms with Gasteiger partial charge in [0.1, 0.15) is 11.8 Å². The first kappa shape index (κ1) is 14.6.